The van der Waals surface area contributed by atoms with Gasteiger partial charge < -0.3 is 15.7 Å². The number of anilines is 1. The first-order chi connectivity index (χ1) is 11.8. The Balaban J connectivity index is 2.75. The summed E-state index contributed by atoms with van der Waals surface area (Å²) in [5.74, 6) is -0.556. The number of carbonyl (C=O) groups is 2. The third kappa shape index (κ3) is 6.40. The number of aliphatic hydroxyl groups excluding tert-OH is 1. The maximum absolute atomic E-state index is 12.5. The molecule has 0 aromatic carbocycles. The Kier molecular flexibility index (Phi) is 9.06. The molecule has 3 N–H and O–H groups in total. The number of aliphatic hydroxyl groups is 1. The molecular weight excluding hydrogens is 338 g/mol. The molecule has 7 heteroatoms. The van der Waals surface area contributed by atoms with Crippen LogP contribution in [-0.4, -0.2) is 34.1 Å². The molecule has 142 valence electrons. The lowest BCUT2D eigenvalue weighted by molar-refractivity contribution is -0.134. The Bertz CT molecular complexity index is 556. The number of rotatable bonds is 10. The summed E-state index contributed by atoms with van der Waals surface area (Å²) in [6, 6.07) is -0.675. The summed E-state index contributed by atoms with van der Waals surface area (Å²) in [4.78, 5) is 30.0. The molecule has 6 nitrogen and oxygen atoms in total. The van der Waals surface area contributed by atoms with Gasteiger partial charge in [-0.3, -0.25) is 9.59 Å². The lowest BCUT2D eigenvalue weighted by atomic mass is 10.0. The second kappa shape index (κ2) is 10.5. The fourth-order valence-electron chi connectivity index (χ4n) is 2.53. The second-order valence-corrected chi connectivity index (χ2v) is 7.67. The molecule has 0 aliphatic rings. The number of amides is 2. The molecule has 2 atom stereocenters. The molecule has 0 fully saturated rings. The van der Waals surface area contributed by atoms with Gasteiger partial charge in [-0.05, 0) is 31.1 Å². The zero-order valence-electron chi connectivity index (χ0n) is 15.8. The molecule has 25 heavy (non-hydrogen) atoms. The van der Waals surface area contributed by atoms with E-state index >= 15 is 0 Å². The lowest BCUT2D eigenvalue weighted by Gasteiger charge is -2.20. The number of nitrogens with zero attached hydrogens (tertiary/aromatic N) is 1. The first-order valence-electron chi connectivity index (χ1n) is 9.08. The van der Waals surface area contributed by atoms with Crippen molar-refractivity contribution in [3.05, 3.63) is 11.1 Å². The number of hydrogen-bond donors (Lipinski definition) is 3. The standard InChI is InChI=1S/C18H31N3O3S/c1-6-9-13(20-17(24)15(22)11(4)5)16(23)21-18-19-10-14(25-18)12(7-2)8-3/h10-13,15,22H,6-9H2,1-5H3,(H,20,24)(H,19,21,23)/t13-,15?/m0/s1. The Labute approximate surface area is 154 Å². The first-order valence-corrected chi connectivity index (χ1v) is 9.90. The average molecular weight is 370 g/mol. The summed E-state index contributed by atoms with van der Waals surface area (Å²) < 4.78 is 0. The molecule has 0 spiro atoms. The third-order valence-corrected chi connectivity index (χ3v) is 5.33. The van der Waals surface area contributed by atoms with Crippen molar-refractivity contribution in [1.82, 2.24) is 10.3 Å². The number of carbonyl (C=O) groups excluding carboxylic acids is 2. The summed E-state index contributed by atoms with van der Waals surface area (Å²) in [5, 5.41) is 15.8. The minimum absolute atomic E-state index is 0.202. The van der Waals surface area contributed by atoms with E-state index in [0.717, 1.165) is 24.1 Å². The van der Waals surface area contributed by atoms with Crippen molar-refractivity contribution in [2.45, 2.75) is 78.4 Å². The summed E-state index contributed by atoms with van der Waals surface area (Å²) in [6.07, 6.45) is 4.02. The predicted molar refractivity (Wildman–Crippen MR) is 102 cm³/mol. The summed E-state index contributed by atoms with van der Waals surface area (Å²) in [5.41, 5.74) is 0. The van der Waals surface area contributed by atoms with E-state index in [4.69, 9.17) is 0 Å². The quantitative estimate of drug-likeness (QED) is 0.590. The van der Waals surface area contributed by atoms with Gasteiger partial charge in [0, 0.05) is 11.1 Å². The van der Waals surface area contributed by atoms with Gasteiger partial charge in [0.1, 0.15) is 12.1 Å². The molecule has 0 saturated carbocycles. The van der Waals surface area contributed by atoms with Gasteiger partial charge in [0.15, 0.2) is 5.13 Å². The first kappa shape index (κ1) is 21.6. The Morgan fingerprint density at radius 2 is 1.84 bits per heavy atom. The molecule has 1 heterocycles. The lowest BCUT2D eigenvalue weighted by Crippen LogP contribution is -2.48. The molecule has 0 aliphatic heterocycles. The second-order valence-electron chi connectivity index (χ2n) is 6.61. The van der Waals surface area contributed by atoms with E-state index in [2.05, 4.69) is 29.5 Å². The highest BCUT2D eigenvalue weighted by molar-refractivity contribution is 7.15. The summed E-state index contributed by atoms with van der Waals surface area (Å²) >= 11 is 1.48. The topological polar surface area (TPSA) is 91.3 Å². The van der Waals surface area contributed by atoms with Gasteiger partial charge >= 0.3 is 0 Å². The third-order valence-electron chi connectivity index (χ3n) is 4.25. The smallest absolute Gasteiger partial charge is 0.249 e. The van der Waals surface area contributed by atoms with Crippen LogP contribution in [0.2, 0.25) is 0 Å². The van der Waals surface area contributed by atoms with E-state index in [0.29, 0.717) is 17.5 Å². The molecule has 0 radical (unpaired) electrons. The zero-order valence-corrected chi connectivity index (χ0v) is 16.7. The van der Waals surface area contributed by atoms with Gasteiger partial charge in [-0.25, -0.2) is 4.98 Å². The van der Waals surface area contributed by atoms with Crippen LogP contribution in [-0.2, 0) is 9.59 Å². The maximum atomic E-state index is 12.5. The number of hydrogen-bond acceptors (Lipinski definition) is 5. The minimum atomic E-state index is -1.12. The summed E-state index contributed by atoms with van der Waals surface area (Å²) in [6.45, 7) is 9.74. The van der Waals surface area contributed by atoms with Crippen LogP contribution in [0.3, 0.4) is 0 Å². The van der Waals surface area contributed by atoms with Crippen molar-refractivity contribution in [2.24, 2.45) is 5.92 Å². The van der Waals surface area contributed by atoms with Crippen LogP contribution in [0.25, 0.3) is 0 Å². The monoisotopic (exact) mass is 369 g/mol. The largest absolute Gasteiger partial charge is 0.383 e. The van der Waals surface area contributed by atoms with Crippen molar-refractivity contribution in [3.8, 4) is 0 Å². The molecule has 1 aromatic heterocycles. The van der Waals surface area contributed by atoms with Crippen molar-refractivity contribution in [3.63, 3.8) is 0 Å². The highest BCUT2D eigenvalue weighted by Crippen LogP contribution is 2.30. The van der Waals surface area contributed by atoms with E-state index < -0.39 is 18.1 Å². The SMILES string of the molecule is CCC[C@H](NC(=O)C(O)C(C)C)C(=O)Nc1ncc(C(CC)CC)s1. The van der Waals surface area contributed by atoms with Gasteiger partial charge in [-0.1, -0.05) is 41.0 Å². The van der Waals surface area contributed by atoms with E-state index in [9.17, 15) is 14.7 Å². The molecule has 0 saturated heterocycles. The molecule has 0 bridgehead atoms. The molecule has 2 amide bonds. The van der Waals surface area contributed by atoms with Crippen molar-refractivity contribution >= 4 is 28.3 Å². The zero-order chi connectivity index (χ0) is 19.0. The fraction of sp³-hybridized carbons (Fsp3) is 0.722. The Morgan fingerprint density at radius 3 is 2.36 bits per heavy atom. The van der Waals surface area contributed by atoms with Crippen LogP contribution in [0.1, 0.15) is 71.1 Å². The number of thiazole rings is 1. The highest BCUT2D eigenvalue weighted by atomic mass is 32.1. The maximum Gasteiger partial charge on any atom is 0.249 e. The fourth-order valence-corrected chi connectivity index (χ4v) is 3.62. The van der Waals surface area contributed by atoms with Crippen LogP contribution in [0.5, 0.6) is 0 Å². The van der Waals surface area contributed by atoms with Gasteiger partial charge in [-0.15, -0.1) is 11.3 Å². The van der Waals surface area contributed by atoms with Crippen LogP contribution >= 0.6 is 11.3 Å². The van der Waals surface area contributed by atoms with Gasteiger partial charge in [0.05, 0.1) is 0 Å². The van der Waals surface area contributed by atoms with Crippen LogP contribution in [0.4, 0.5) is 5.13 Å². The highest BCUT2D eigenvalue weighted by Gasteiger charge is 2.26. The molecular formula is C18H31N3O3S. The molecule has 1 aromatic rings. The van der Waals surface area contributed by atoms with Gasteiger partial charge in [-0.2, -0.15) is 0 Å². The van der Waals surface area contributed by atoms with Crippen molar-refractivity contribution in [2.75, 3.05) is 5.32 Å². The number of aromatic nitrogens is 1. The van der Waals surface area contributed by atoms with Crippen molar-refractivity contribution < 1.29 is 14.7 Å². The Hall–Kier alpha value is -1.47. The van der Waals surface area contributed by atoms with Crippen LogP contribution in [0, 0.1) is 5.92 Å². The molecule has 0 aliphatic carbocycles. The molecule has 1 rings (SSSR count). The summed E-state index contributed by atoms with van der Waals surface area (Å²) in [7, 11) is 0. The average Bonchev–Trinajstić information content (AvgIpc) is 3.02. The van der Waals surface area contributed by atoms with E-state index in [1.54, 1.807) is 13.8 Å². The van der Waals surface area contributed by atoms with Gasteiger partial charge in [0.25, 0.3) is 0 Å². The predicted octanol–water partition coefficient (Wildman–Crippen LogP) is 3.29. The number of nitrogens with one attached hydrogen (secondary N) is 2. The van der Waals surface area contributed by atoms with E-state index in [1.807, 2.05) is 13.1 Å². The minimum Gasteiger partial charge on any atom is -0.383 e. The normalized spacial score (nSPS) is 13.8. The van der Waals surface area contributed by atoms with E-state index in [-0.39, 0.29) is 11.8 Å². The van der Waals surface area contributed by atoms with Gasteiger partial charge in [0.2, 0.25) is 11.8 Å². The van der Waals surface area contributed by atoms with Crippen molar-refractivity contribution in [1.29, 1.82) is 0 Å². The van der Waals surface area contributed by atoms with Crippen LogP contribution < -0.4 is 10.6 Å². The molecule has 1 unspecified atom stereocenters. The van der Waals surface area contributed by atoms with Crippen LogP contribution in [0.15, 0.2) is 6.20 Å². The Morgan fingerprint density at radius 1 is 1.20 bits per heavy atom. The van der Waals surface area contributed by atoms with E-state index in [1.165, 1.54) is 11.3 Å².